The lowest BCUT2D eigenvalue weighted by molar-refractivity contribution is 0.0993. The number of H-pyrrole nitrogens is 1. The number of halogens is 1. The topological polar surface area (TPSA) is 45.8 Å². The van der Waals surface area contributed by atoms with Crippen LogP contribution in [0.25, 0.3) is 23.2 Å². The first-order chi connectivity index (χ1) is 14.0. The zero-order valence-electron chi connectivity index (χ0n) is 16.4. The maximum atomic E-state index is 12.8. The fraction of sp³-hybridized carbons (Fsp3) is 0.120. The van der Waals surface area contributed by atoms with Crippen molar-refractivity contribution in [2.45, 2.75) is 20.3 Å². The number of aromatic amines is 1. The van der Waals surface area contributed by atoms with Crippen molar-refractivity contribution in [3.05, 3.63) is 99.3 Å². The van der Waals surface area contributed by atoms with E-state index in [9.17, 15) is 4.79 Å². The van der Waals surface area contributed by atoms with Gasteiger partial charge in [0.2, 0.25) is 0 Å². The predicted molar refractivity (Wildman–Crippen MR) is 120 cm³/mol. The molecule has 0 amide bonds. The number of aromatic nitrogens is 2. The van der Waals surface area contributed by atoms with Crippen molar-refractivity contribution in [3.63, 3.8) is 0 Å². The smallest absolute Gasteiger partial charge is 0.167 e. The summed E-state index contributed by atoms with van der Waals surface area (Å²) in [6.07, 6.45) is 7.90. The van der Waals surface area contributed by atoms with Crippen molar-refractivity contribution in [1.82, 2.24) is 9.97 Å². The zero-order valence-corrected chi connectivity index (χ0v) is 17.1. The molecule has 0 saturated carbocycles. The van der Waals surface area contributed by atoms with Crippen molar-refractivity contribution in [2.24, 2.45) is 0 Å². The fourth-order valence-corrected chi connectivity index (χ4v) is 3.65. The first kappa shape index (κ1) is 19.2. The van der Waals surface area contributed by atoms with E-state index in [0.717, 1.165) is 38.9 Å². The number of carbonyl (C=O) groups is 1. The molecule has 0 aliphatic rings. The van der Waals surface area contributed by atoms with Crippen LogP contribution in [-0.2, 0) is 6.42 Å². The summed E-state index contributed by atoms with van der Waals surface area (Å²) < 4.78 is 0. The number of hydrogen-bond donors (Lipinski definition) is 1. The van der Waals surface area contributed by atoms with Crippen molar-refractivity contribution < 1.29 is 4.79 Å². The highest BCUT2D eigenvalue weighted by Crippen LogP contribution is 2.27. The number of ketones is 1. The van der Waals surface area contributed by atoms with Gasteiger partial charge >= 0.3 is 0 Å². The highest BCUT2D eigenvalue weighted by molar-refractivity contribution is 6.36. The van der Waals surface area contributed by atoms with Gasteiger partial charge in [0.1, 0.15) is 5.65 Å². The normalized spacial score (nSPS) is 11.4. The fourth-order valence-electron chi connectivity index (χ4n) is 3.39. The van der Waals surface area contributed by atoms with Crippen LogP contribution in [0.4, 0.5) is 0 Å². The van der Waals surface area contributed by atoms with Crippen LogP contribution < -0.4 is 0 Å². The Morgan fingerprint density at radius 2 is 1.90 bits per heavy atom. The third kappa shape index (κ3) is 4.15. The van der Waals surface area contributed by atoms with Gasteiger partial charge in [-0.3, -0.25) is 4.79 Å². The van der Waals surface area contributed by atoms with E-state index >= 15 is 0 Å². The number of nitrogens with one attached hydrogen (secondary N) is 1. The summed E-state index contributed by atoms with van der Waals surface area (Å²) >= 11 is 6.51. The summed E-state index contributed by atoms with van der Waals surface area (Å²) in [7, 11) is 0. The van der Waals surface area contributed by atoms with Crippen molar-refractivity contribution in [2.75, 3.05) is 0 Å². The molecule has 4 rings (SSSR count). The lowest BCUT2D eigenvalue weighted by atomic mass is 9.97. The quantitative estimate of drug-likeness (QED) is 0.392. The van der Waals surface area contributed by atoms with Gasteiger partial charge in [0.15, 0.2) is 5.78 Å². The largest absolute Gasteiger partial charge is 0.346 e. The van der Waals surface area contributed by atoms with Crippen LogP contribution in [0.1, 0.15) is 38.2 Å². The van der Waals surface area contributed by atoms with Crippen molar-refractivity contribution in [3.8, 4) is 0 Å². The Morgan fingerprint density at radius 1 is 1.07 bits per heavy atom. The van der Waals surface area contributed by atoms with Gasteiger partial charge in [-0.15, -0.1) is 0 Å². The maximum Gasteiger partial charge on any atom is 0.167 e. The molecular formula is C25H21ClN2O. The van der Waals surface area contributed by atoms with E-state index in [2.05, 4.69) is 16.0 Å². The van der Waals surface area contributed by atoms with Gasteiger partial charge in [0.25, 0.3) is 0 Å². The molecule has 0 aliphatic carbocycles. The van der Waals surface area contributed by atoms with Gasteiger partial charge in [-0.25, -0.2) is 4.98 Å². The third-order valence-corrected chi connectivity index (χ3v) is 5.46. The summed E-state index contributed by atoms with van der Waals surface area (Å²) in [5, 5.41) is 1.56. The molecule has 0 saturated heterocycles. The monoisotopic (exact) mass is 400 g/mol. The SMILES string of the molecule is Cc1cccc(CC(=O)c2ccc(C)c(/C=C/c3cnc4[nH]ccc4c3Cl)c2)c1. The molecule has 0 bridgehead atoms. The number of fused-ring (bicyclic) bond motifs is 1. The molecule has 4 aromatic rings. The van der Waals surface area contributed by atoms with Crippen LogP contribution in [0, 0.1) is 13.8 Å². The minimum Gasteiger partial charge on any atom is -0.346 e. The summed E-state index contributed by atoms with van der Waals surface area (Å²) in [6, 6.07) is 15.8. The molecule has 0 unspecified atom stereocenters. The Morgan fingerprint density at radius 3 is 2.72 bits per heavy atom. The van der Waals surface area contributed by atoms with E-state index < -0.39 is 0 Å². The Kier molecular flexibility index (Phi) is 5.32. The number of hydrogen-bond acceptors (Lipinski definition) is 2. The molecule has 2 heterocycles. The first-order valence-corrected chi connectivity index (χ1v) is 9.88. The number of carbonyl (C=O) groups excluding carboxylic acids is 1. The molecule has 4 heteroatoms. The highest BCUT2D eigenvalue weighted by Gasteiger charge is 2.10. The molecule has 0 fully saturated rings. The second kappa shape index (κ2) is 8.06. The van der Waals surface area contributed by atoms with Crippen LogP contribution >= 0.6 is 11.6 Å². The van der Waals surface area contributed by atoms with E-state index in [1.807, 2.05) is 74.7 Å². The zero-order chi connectivity index (χ0) is 20.4. The molecule has 0 aliphatic heterocycles. The van der Waals surface area contributed by atoms with Crippen LogP contribution in [0.5, 0.6) is 0 Å². The highest BCUT2D eigenvalue weighted by atomic mass is 35.5. The van der Waals surface area contributed by atoms with Gasteiger partial charge in [0, 0.05) is 35.3 Å². The van der Waals surface area contributed by atoms with Crippen LogP contribution in [0.2, 0.25) is 5.02 Å². The standard InChI is InChI=1S/C25H21ClN2O/c1-16-4-3-5-18(12-16)13-23(29)20-7-6-17(2)19(14-20)8-9-21-15-28-25-22(24(21)26)10-11-27-25/h3-12,14-15H,13H2,1-2H3,(H,27,28)/b9-8+. The summed E-state index contributed by atoms with van der Waals surface area (Å²) in [5.74, 6) is 0.110. The van der Waals surface area contributed by atoms with Crippen LogP contribution in [0.15, 0.2) is 60.9 Å². The van der Waals surface area contributed by atoms with Gasteiger partial charge in [-0.1, -0.05) is 65.7 Å². The number of aryl methyl sites for hydroxylation is 2. The predicted octanol–water partition coefficient (Wildman–Crippen LogP) is 6.43. The molecule has 3 nitrogen and oxygen atoms in total. The van der Waals surface area contributed by atoms with E-state index in [4.69, 9.17) is 11.6 Å². The molecule has 29 heavy (non-hydrogen) atoms. The van der Waals surface area contributed by atoms with Gasteiger partial charge < -0.3 is 4.98 Å². The Bertz CT molecular complexity index is 1240. The molecule has 1 N–H and O–H groups in total. The van der Waals surface area contributed by atoms with E-state index in [1.54, 1.807) is 6.20 Å². The molecule has 2 aromatic heterocycles. The molecular weight excluding hydrogens is 380 g/mol. The van der Waals surface area contributed by atoms with Gasteiger partial charge in [0.05, 0.1) is 5.02 Å². The minimum atomic E-state index is 0.110. The average molecular weight is 401 g/mol. The summed E-state index contributed by atoms with van der Waals surface area (Å²) in [6.45, 7) is 4.07. The first-order valence-electron chi connectivity index (χ1n) is 9.50. The van der Waals surface area contributed by atoms with Gasteiger partial charge in [-0.2, -0.15) is 0 Å². The van der Waals surface area contributed by atoms with Crippen molar-refractivity contribution in [1.29, 1.82) is 0 Å². The van der Waals surface area contributed by atoms with Gasteiger partial charge in [-0.05, 0) is 42.7 Å². The Labute approximate surface area is 175 Å². The second-order valence-corrected chi connectivity index (χ2v) is 7.64. The number of pyridine rings is 1. The lowest BCUT2D eigenvalue weighted by Gasteiger charge is -2.07. The average Bonchev–Trinajstić information content (AvgIpc) is 3.18. The molecule has 2 aromatic carbocycles. The molecule has 0 atom stereocenters. The number of rotatable bonds is 5. The van der Waals surface area contributed by atoms with Crippen LogP contribution in [0.3, 0.4) is 0 Å². The maximum absolute atomic E-state index is 12.8. The molecule has 0 spiro atoms. The second-order valence-electron chi connectivity index (χ2n) is 7.26. The number of nitrogens with zero attached hydrogens (tertiary/aromatic N) is 1. The van der Waals surface area contributed by atoms with E-state index in [1.165, 1.54) is 0 Å². The Hall–Kier alpha value is -3.17. The molecule has 144 valence electrons. The van der Waals surface area contributed by atoms with Crippen LogP contribution in [-0.4, -0.2) is 15.8 Å². The van der Waals surface area contributed by atoms with E-state index in [-0.39, 0.29) is 5.78 Å². The molecule has 0 radical (unpaired) electrons. The summed E-state index contributed by atoms with van der Waals surface area (Å²) in [4.78, 5) is 20.2. The van der Waals surface area contributed by atoms with E-state index in [0.29, 0.717) is 17.0 Å². The van der Waals surface area contributed by atoms with Crippen molar-refractivity contribution >= 4 is 40.6 Å². The Balaban J connectivity index is 1.60. The lowest BCUT2D eigenvalue weighted by Crippen LogP contribution is -2.04. The number of Topliss-reactive ketones (excluding diaryl/α,β-unsaturated/α-hetero) is 1. The third-order valence-electron chi connectivity index (χ3n) is 5.04. The minimum absolute atomic E-state index is 0.110. The summed E-state index contributed by atoms with van der Waals surface area (Å²) in [5.41, 5.74) is 6.60. The number of benzene rings is 2.